The Kier molecular flexibility index (Phi) is 2.56. The van der Waals surface area contributed by atoms with E-state index < -0.39 is 11.4 Å². The average molecular weight is 222 g/mol. The summed E-state index contributed by atoms with van der Waals surface area (Å²) in [6, 6.07) is 0. The molecule has 1 atom stereocenters. The Balaban J connectivity index is 2.04. The standard InChI is InChI=1S/C13H18O3/c1-12(5-3-10(16-2)4-6-12)9-13(7-8-13)11(14)15/h3-5H,6-9H2,1-2H3,(H,14,15). The van der Waals surface area contributed by atoms with Crippen molar-refractivity contribution in [3.8, 4) is 0 Å². The quantitative estimate of drug-likeness (QED) is 0.795. The van der Waals surface area contributed by atoms with Crippen LogP contribution in [0.15, 0.2) is 24.0 Å². The molecule has 88 valence electrons. The van der Waals surface area contributed by atoms with Crippen LogP contribution in [0.1, 0.15) is 32.6 Å². The molecule has 1 saturated carbocycles. The highest BCUT2D eigenvalue weighted by Gasteiger charge is 2.53. The number of carbonyl (C=O) groups is 1. The number of aliphatic carboxylic acids is 1. The zero-order valence-electron chi connectivity index (χ0n) is 9.82. The molecule has 0 saturated heterocycles. The molecule has 0 radical (unpaired) electrons. The largest absolute Gasteiger partial charge is 0.497 e. The fraction of sp³-hybridized carbons (Fsp3) is 0.615. The van der Waals surface area contributed by atoms with E-state index in [1.165, 1.54) is 0 Å². The van der Waals surface area contributed by atoms with Crippen molar-refractivity contribution in [2.24, 2.45) is 10.8 Å². The molecule has 2 aliphatic carbocycles. The summed E-state index contributed by atoms with van der Waals surface area (Å²) in [5, 5.41) is 9.18. The Labute approximate surface area is 95.8 Å². The van der Waals surface area contributed by atoms with Gasteiger partial charge in [-0.2, -0.15) is 0 Å². The summed E-state index contributed by atoms with van der Waals surface area (Å²) in [5.74, 6) is 0.237. The maximum Gasteiger partial charge on any atom is 0.309 e. The molecule has 0 heterocycles. The molecule has 0 spiro atoms. The Morgan fingerprint density at radius 1 is 1.56 bits per heavy atom. The van der Waals surface area contributed by atoms with Gasteiger partial charge in [-0.15, -0.1) is 0 Å². The van der Waals surface area contributed by atoms with Crippen LogP contribution in [0.25, 0.3) is 0 Å². The Bertz CT molecular complexity index is 363. The summed E-state index contributed by atoms with van der Waals surface area (Å²) in [7, 11) is 1.65. The summed E-state index contributed by atoms with van der Waals surface area (Å²) in [4.78, 5) is 11.2. The van der Waals surface area contributed by atoms with Gasteiger partial charge in [-0.3, -0.25) is 4.79 Å². The van der Waals surface area contributed by atoms with Crippen LogP contribution in [-0.2, 0) is 9.53 Å². The van der Waals surface area contributed by atoms with Crippen molar-refractivity contribution in [2.45, 2.75) is 32.6 Å². The topological polar surface area (TPSA) is 46.5 Å². The summed E-state index contributed by atoms with van der Waals surface area (Å²) in [6.07, 6.45) is 9.33. The normalized spacial score (nSPS) is 30.8. The monoisotopic (exact) mass is 222 g/mol. The predicted octanol–water partition coefficient (Wildman–Crippen LogP) is 2.74. The fourth-order valence-electron chi connectivity index (χ4n) is 2.43. The Morgan fingerprint density at radius 2 is 2.25 bits per heavy atom. The van der Waals surface area contributed by atoms with Crippen molar-refractivity contribution >= 4 is 5.97 Å². The van der Waals surface area contributed by atoms with Gasteiger partial charge in [0.1, 0.15) is 5.76 Å². The molecule has 0 aromatic carbocycles. The molecule has 1 N–H and O–H groups in total. The molecule has 2 rings (SSSR count). The molecule has 3 nitrogen and oxygen atoms in total. The average Bonchev–Trinajstić information content (AvgIpc) is 3.00. The zero-order valence-corrected chi connectivity index (χ0v) is 9.82. The van der Waals surface area contributed by atoms with Crippen LogP contribution in [-0.4, -0.2) is 18.2 Å². The molecule has 0 aromatic rings. The van der Waals surface area contributed by atoms with Crippen LogP contribution in [0.5, 0.6) is 0 Å². The first-order chi connectivity index (χ1) is 7.50. The third-order valence-electron chi connectivity index (χ3n) is 3.70. The van der Waals surface area contributed by atoms with Gasteiger partial charge in [0.15, 0.2) is 0 Å². The Hall–Kier alpha value is -1.25. The molecule has 1 fully saturated rings. The fourth-order valence-corrected chi connectivity index (χ4v) is 2.43. The molecular weight excluding hydrogens is 204 g/mol. The van der Waals surface area contributed by atoms with E-state index in [0.717, 1.165) is 31.4 Å². The summed E-state index contributed by atoms with van der Waals surface area (Å²) in [6.45, 7) is 2.12. The van der Waals surface area contributed by atoms with Crippen LogP contribution in [0.4, 0.5) is 0 Å². The number of carboxylic acid groups (broad SMARTS) is 1. The number of methoxy groups -OCH3 is 1. The first-order valence-electron chi connectivity index (χ1n) is 5.67. The number of ether oxygens (including phenoxy) is 1. The van der Waals surface area contributed by atoms with E-state index in [1.807, 2.05) is 12.2 Å². The van der Waals surface area contributed by atoms with E-state index in [1.54, 1.807) is 7.11 Å². The van der Waals surface area contributed by atoms with Gasteiger partial charge in [0.2, 0.25) is 0 Å². The van der Waals surface area contributed by atoms with E-state index in [4.69, 9.17) is 4.74 Å². The lowest BCUT2D eigenvalue weighted by molar-refractivity contribution is -0.144. The molecule has 2 aliphatic rings. The van der Waals surface area contributed by atoms with Gasteiger partial charge in [-0.25, -0.2) is 0 Å². The lowest BCUT2D eigenvalue weighted by Gasteiger charge is -2.30. The van der Waals surface area contributed by atoms with Gasteiger partial charge >= 0.3 is 5.97 Å². The third kappa shape index (κ3) is 1.99. The van der Waals surface area contributed by atoms with Gasteiger partial charge < -0.3 is 9.84 Å². The minimum absolute atomic E-state index is 0.0308. The van der Waals surface area contributed by atoms with Gasteiger partial charge in [-0.05, 0) is 43.3 Å². The highest BCUT2D eigenvalue weighted by atomic mass is 16.5. The van der Waals surface area contributed by atoms with Crippen molar-refractivity contribution in [2.75, 3.05) is 7.11 Å². The molecular formula is C13H18O3. The highest BCUT2D eigenvalue weighted by Crippen LogP contribution is 2.55. The van der Waals surface area contributed by atoms with Crippen LogP contribution in [0.3, 0.4) is 0 Å². The van der Waals surface area contributed by atoms with Crippen molar-refractivity contribution < 1.29 is 14.6 Å². The summed E-state index contributed by atoms with van der Waals surface area (Å²) < 4.78 is 5.14. The first-order valence-corrected chi connectivity index (χ1v) is 5.67. The number of allylic oxidation sites excluding steroid dienone is 3. The van der Waals surface area contributed by atoms with E-state index in [9.17, 15) is 9.90 Å². The highest BCUT2D eigenvalue weighted by molar-refractivity contribution is 5.77. The van der Waals surface area contributed by atoms with Crippen LogP contribution in [0.2, 0.25) is 0 Å². The number of carboxylic acids is 1. The molecule has 0 bridgehead atoms. The second-order valence-corrected chi connectivity index (χ2v) is 5.26. The molecule has 16 heavy (non-hydrogen) atoms. The van der Waals surface area contributed by atoms with Gasteiger partial charge in [0.05, 0.1) is 12.5 Å². The van der Waals surface area contributed by atoms with Crippen molar-refractivity contribution in [3.05, 3.63) is 24.0 Å². The minimum Gasteiger partial charge on any atom is -0.497 e. The molecule has 3 heteroatoms. The molecule has 1 unspecified atom stereocenters. The van der Waals surface area contributed by atoms with Gasteiger partial charge in [0, 0.05) is 0 Å². The summed E-state index contributed by atoms with van der Waals surface area (Å²) >= 11 is 0. The predicted molar refractivity (Wildman–Crippen MR) is 60.9 cm³/mol. The zero-order chi connectivity index (χ0) is 11.8. The van der Waals surface area contributed by atoms with E-state index in [2.05, 4.69) is 13.0 Å². The molecule has 0 aliphatic heterocycles. The van der Waals surface area contributed by atoms with Gasteiger partial charge in [0.25, 0.3) is 0 Å². The number of hydrogen-bond acceptors (Lipinski definition) is 2. The van der Waals surface area contributed by atoms with Crippen LogP contribution < -0.4 is 0 Å². The second kappa shape index (κ2) is 3.65. The van der Waals surface area contributed by atoms with Crippen molar-refractivity contribution in [1.82, 2.24) is 0 Å². The minimum atomic E-state index is -0.636. The Morgan fingerprint density at radius 3 is 2.62 bits per heavy atom. The lowest BCUT2D eigenvalue weighted by Crippen LogP contribution is -2.25. The van der Waals surface area contributed by atoms with E-state index >= 15 is 0 Å². The summed E-state index contributed by atoms with van der Waals surface area (Å²) in [5.41, 5.74) is -0.478. The molecule has 0 aromatic heterocycles. The lowest BCUT2D eigenvalue weighted by atomic mass is 9.75. The van der Waals surface area contributed by atoms with Crippen LogP contribution >= 0.6 is 0 Å². The molecule has 0 amide bonds. The smallest absolute Gasteiger partial charge is 0.309 e. The first kappa shape index (κ1) is 11.2. The van der Waals surface area contributed by atoms with Gasteiger partial charge in [-0.1, -0.05) is 13.0 Å². The second-order valence-electron chi connectivity index (χ2n) is 5.26. The number of hydrogen-bond donors (Lipinski definition) is 1. The van der Waals surface area contributed by atoms with E-state index in [0.29, 0.717) is 0 Å². The van der Waals surface area contributed by atoms with Crippen LogP contribution in [0, 0.1) is 10.8 Å². The third-order valence-corrected chi connectivity index (χ3v) is 3.70. The van der Waals surface area contributed by atoms with Crippen molar-refractivity contribution in [3.63, 3.8) is 0 Å². The maximum absolute atomic E-state index is 11.2. The number of rotatable bonds is 4. The maximum atomic E-state index is 11.2. The SMILES string of the molecule is COC1=CCC(C)(CC2(C(=O)O)CC2)C=C1. The van der Waals surface area contributed by atoms with Crippen molar-refractivity contribution in [1.29, 1.82) is 0 Å². The van der Waals surface area contributed by atoms with E-state index in [-0.39, 0.29) is 5.41 Å².